The topological polar surface area (TPSA) is 17.1 Å². The number of Topliss-reactive ketones (excluding diaryl/α,β-unsaturated/α-hetero) is 1. The Morgan fingerprint density at radius 3 is 2.78 bits per heavy atom. The van der Waals surface area contributed by atoms with Gasteiger partial charge in [-0.25, -0.2) is 0 Å². The zero-order valence-electron chi connectivity index (χ0n) is 10.5. The number of rotatable bonds is 5. The first-order chi connectivity index (χ1) is 8.74. The predicted molar refractivity (Wildman–Crippen MR) is 82.2 cm³/mol. The van der Waals surface area contributed by atoms with Crippen LogP contribution in [0.4, 0.5) is 0 Å². The van der Waals surface area contributed by atoms with Crippen molar-refractivity contribution in [2.24, 2.45) is 0 Å². The van der Waals surface area contributed by atoms with Crippen LogP contribution in [0, 0.1) is 0 Å². The molecule has 3 heteroatoms. The van der Waals surface area contributed by atoms with E-state index < -0.39 is 0 Å². The van der Waals surface area contributed by atoms with Crippen LogP contribution < -0.4 is 0 Å². The summed E-state index contributed by atoms with van der Waals surface area (Å²) in [4.78, 5) is 11.9. The number of halogens is 1. The van der Waals surface area contributed by atoms with E-state index in [0.717, 1.165) is 15.3 Å². The Kier molecular flexibility index (Phi) is 5.77. The van der Waals surface area contributed by atoms with Crippen LogP contribution in [0.5, 0.6) is 0 Å². The van der Waals surface area contributed by atoms with Gasteiger partial charge in [0.25, 0.3) is 0 Å². The van der Waals surface area contributed by atoms with Crippen molar-refractivity contribution in [3.63, 3.8) is 0 Å². The van der Waals surface area contributed by atoms with Crippen molar-refractivity contribution in [1.82, 2.24) is 0 Å². The molecule has 0 radical (unpaired) electrons. The summed E-state index contributed by atoms with van der Waals surface area (Å²) in [5, 5.41) is 0.727. The molecule has 0 saturated heterocycles. The molecule has 18 heavy (non-hydrogen) atoms. The standard InChI is InChI=1S/C15H19BrOS/c16-13-6-4-5-12(9-13)10-14(17)11-18-15-7-2-1-3-8-15/h4-6,9,15H,1-3,7-8,10-11H2. The Bertz CT molecular complexity index is 399. The lowest BCUT2D eigenvalue weighted by Gasteiger charge is -2.20. The SMILES string of the molecule is O=C(CSC1CCCCC1)Cc1cccc(Br)c1. The highest BCUT2D eigenvalue weighted by atomic mass is 79.9. The monoisotopic (exact) mass is 326 g/mol. The van der Waals surface area contributed by atoms with E-state index in [4.69, 9.17) is 0 Å². The van der Waals surface area contributed by atoms with Gasteiger partial charge in [-0.05, 0) is 30.5 Å². The third-order valence-electron chi connectivity index (χ3n) is 3.32. The van der Waals surface area contributed by atoms with Crippen LogP contribution in [-0.4, -0.2) is 16.8 Å². The van der Waals surface area contributed by atoms with Gasteiger partial charge in [0.15, 0.2) is 0 Å². The van der Waals surface area contributed by atoms with Gasteiger partial charge >= 0.3 is 0 Å². The van der Waals surface area contributed by atoms with Crippen LogP contribution >= 0.6 is 27.7 Å². The zero-order valence-corrected chi connectivity index (χ0v) is 12.9. The molecule has 0 atom stereocenters. The Hall–Kier alpha value is -0.280. The number of ketones is 1. The van der Waals surface area contributed by atoms with Crippen molar-refractivity contribution < 1.29 is 4.79 Å². The molecule has 1 aromatic carbocycles. The van der Waals surface area contributed by atoms with Gasteiger partial charge in [0, 0.05) is 16.1 Å². The third kappa shape index (κ3) is 4.77. The molecule has 0 spiro atoms. The Morgan fingerprint density at radius 1 is 1.28 bits per heavy atom. The first-order valence-electron chi connectivity index (χ1n) is 6.62. The van der Waals surface area contributed by atoms with Gasteiger partial charge in [-0.2, -0.15) is 11.8 Å². The molecule has 0 aromatic heterocycles. The summed E-state index contributed by atoms with van der Waals surface area (Å²) >= 11 is 5.30. The molecule has 0 bridgehead atoms. The third-order valence-corrected chi connectivity index (χ3v) is 5.25. The maximum Gasteiger partial charge on any atom is 0.147 e. The van der Waals surface area contributed by atoms with Gasteiger partial charge in [0.05, 0.1) is 5.75 Å². The van der Waals surface area contributed by atoms with Crippen molar-refractivity contribution in [3.8, 4) is 0 Å². The minimum absolute atomic E-state index is 0.351. The molecule has 1 aliphatic rings. The normalized spacial score (nSPS) is 16.7. The number of thioether (sulfide) groups is 1. The fraction of sp³-hybridized carbons (Fsp3) is 0.533. The molecule has 1 aliphatic carbocycles. The average molecular weight is 327 g/mol. The van der Waals surface area contributed by atoms with E-state index in [2.05, 4.69) is 15.9 Å². The number of hydrogen-bond acceptors (Lipinski definition) is 2. The highest BCUT2D eigenvalue weighted by molar-refractivity contribution is 9.10. The summed E-state index contributed by atoms with van der Waals surface area (Å²) < 4.78 is 1.05. The minimum atomic E-state index is 0.351. The number of hydrogen-bond donors (Lipinski definition) is 0. The Balaban J connectivity index is 1.74. The summed E-state index contributed by atoms with van der Waals surface area (Å²) in [6.45, 7) is 0. The molecular formula is C15H19BrOS. The molecule has 1 fully saturated rings. The first-order valence-corrected chi connectivity index (χ1v) is 8.46. The van der Waals surface area contributed by atoms with Crippen molar-refractivity contribution in [2.75, 3.05) is 5.75 Å². The molecule has 0 amide bonds. The number of benzene rings is 1. The zero-order chi connectivity index (χ0) is 12.8. The Morgan fingerprint density at radius 2 is 2.06 bits per heavy atom. The van der Waals surface area contributed by atoms with E-state index >= 15 is 0 Å². The van der Waals surface area contributed by atoms with Gasteiger partial charge in [-0.15, -0.1) is 0 Å². The van der Waals surface area contributed by atoms with Crippen LogP contribution in [0.15, 0.2) is 28.7 Å². The van der Waals surface area contributed by atoms with E-state index in [1.807, 2.05) is 36.0 Å². The van der Waals surface area contributed by atoms with Crippen LogP contribution in [0.2, 0.25) is 0 Å². The fourth-order valence-corrected chi connectivity index (χ4v) is 4.01. The molecule has 0 unspecified atom stereocenters. The molecule has 1 saturated carbocycles. The van der Waals surface area contributed by atoms with Gasteiger partial charge in [-0.3, -0.25) is 4.79 Å². The van der Waals surface area contributed by atoms with E-state index in [1.54, 1.807) is 0 Å². The second kappa shape index (κ2) is 7.34. The lowest BCUT2D eigenvalue weighted by molar-refractivity contribution is -0.116. The molecule has 0 N–H and O–H groups in total. The summed E-state index contributed by atoms with van der Waals surface area (Å²) in [6, 6.07) is 8.03. The van der Waals surface area contributed by atoms with Crippen LogP contribution in [-0.2, 0) is 11.2 Å². The number of carbonyl (C=O) groups is 1. The second-order valence-corrected chi connectivity index (χ2v) is 7.12. The number of carbonyl (C=O) groups excluding carboxylic acids is 1. The molecule has 2 rings (SSSR count). The van der Waals surface area contributed by atoms with E-state index in [9.17, 15) is 4.79 Å². The maximum atomic E-state index is 11.9. The highest BCUT2D eigenvalue weighted by Crippen LogP contribution is 2.28. The minimum Gasteiger partial charge on any atom is -0.298 e. The highest BCUT2D eigenvalue weighted by Gasteiger charge is 2.15. The molecule has 98 valence electrons. The fourth-order valence-electron chi connectivity index (χ4n) is 2.37. The van der Waals surface area contributed by atoms with Crippen molar-refractivity contribution >= 4 is 33.5 Å². The largest absolute Gasteiger partial charge is 0.298 e. The lowest BCUT2D eigenvalue weighted by Crippen LogP contribution is -2.13. The summed E-state index contributed by atoms with van der Waals surface area (Å²) in [7, 11) is 0. The summed E-state index contributed by atoms with van der Waals surface area (Å²) in [5.41, 5.74) is 1.11. The van der Waals surface area contributed by atoms with Gasteiger partial charge < -0.3 is 0 Å². The van der Waals surface area contributed by atoms with E-state index in [1.165, 1.54) is 32.1 Å². The van der Waals surface area contributed by atoms with Gasteiger partial charge in [0.2, 0.25) is 0 Å². The maximum absolute atomic E-state index is 11.9. The van der Waals surface area contributed by atoms with Crippen LogP contribution in [0.3, 0.4) is 0 Å². The molecule has 0 heterocycles. The van der Waals surface area contributed by atoms with E-state index in [-0.39, 0.29) is 0 Å². The molecule has 0 aliphatic heterocycles. The summed E-state index contributed by atoms with van der Waals surface area (Å²) in [6.07, 6.45) is 7.24. The van der Waals surface area contributed by atoms with Gasteiger partial charge in [0.1, 0.15) is 5.78 Å². The van der Waals surface area contributed by atoms with Crippen molar-refractivity contribution in [1.29, 1.82) is 0 Å². The first kappa shape index (κ1) is 14.1. The van der Waals surface area contributed by atoms with Crippen LogP contribution in [0.1, 0.15) is 37.7 Å². The van der Waals surface area contributed by atoms with Crippen LogP contribution in [0.25, 0.3) is 0 Å². The molecule has 1 nitrogen and oxygen atoms in total. The molecular weight excluding hydrogens is 308 g/mol. The van der Waals surface area contributed by atoms with E-state index in [0.29, 0.717) is 18.0 Å². The van der Waals surface area contributed by atoms with Gasteiger partial charge in [-0.1, -0.05) is 47.3 Å². The Labute approximate surface area is 122 Å². The second-order valence-electron chi connectivity index (χ2n) is 4.92. The predicted octanol–water partition coefficient (Wildman–Crippen LogP) is 4.63. The smallest absolute Gasteiger partial charge is 0.147 e. The average Bonchev–Trinajstić information content (AvgIpc) is 2.38. The van der Waals surface area contributed by atoms with Crippen molar-refractivity contribution in [2.45, 2.75) is 43.8 Å². The summed E-state index contributed by atoms with van der Waals surface area (Å²) in [5.74, 6) is 1.03. The quantitative estimate of drug-likeness (QED) is 0.784. The van der Waals surface area contributed by atoms with Crippen molar-refractivity contribution in [3.05, 3.63) is 34.3 Å². The lowest BCUT2D eigenvalue weighted by atomic mass is 10.0. The molecule has 1 aromatic rings.